The SMILES string of the molecule is Cc1ccc(C)c(OCC(=O)N(CCC(=O)O)C2CCOCC2)c1. The van der Waals surface area contributed by atoms with Gasteiger partial charge < -0.3 is 19.5 Å². The second-order valence-corrected chi connectivity index (χ2v) is 6.13. The fourth-order valence-corrected chi connectivity index (χ4v) is 2.81. The van der Waals surface area contributed by atoms with Gasteiger partial charge in [0, 0.05) is 25.8 Å². The predicted molar refractivity (Wildman–Crippen MR) is 89.2 cm³/mol. The fraction of sp³-hybridized carbons (Fsp3) is 0.556. The molecule has 1 aliphatic heterocycles. The summed E-state index contributed by atoms with van der Waals surface area (Å²) in [7, 11) is 0. The van der Waals surface area contributed by atoms with Crippen LogP contribution in [0.1, 0.15) is 30.4 Å². The summed E-state index contributed by atoms with van der Waals surface area (Å²) in [5, 5.41) is 8.92. The van der Waals surface area contributed by atoms with Crippen LogP contribution in [0.3, 0.4) is 0 Å². The van der Waals surface area contributed by atoms with Gasteiger partial charge in [0.2, 0.25) is 0 Å². The molecule has 6 heteroatoms. The van der Waals surface area contributed by atoms with Gasteiger partial charge in [0.25, 0.3) is 5.91 Å². The molecular weight excluding hydrogens is 310 g/mol. The summed E-state index contributed by atoms with van der Waals surface area (Å²) in [6.07, 6.45) is 1.40. The van der Waals surface area contributed by atoms with E-state index in [4.69, 9.17) is 14.6 Å². The fourth-order valence-electron chi connectivity index (χ4n) is 2.81. The van der Waals surface area contributed by atoms with Crippen molar-refractivity contribution in [1.29, 1.82) is 0 Å². The summed E-state index contributed by atoms with van der Waals surface area (Å²) in [6, 6.07) is 5.87. The molecule has 2 rings (SSSR count). The topological polar surface area (TPSA) is 76.1 Å². The van der Waals surface area contributed by atoms with Crippen LogP contribution in [0.5, 0.6) is 5.75 Å². The molecule has 0 unspecified atom stereocenters. The van der Waals surface area contributed by atoms with E-state index in [2.05, 4.69) is 0 Å². The van der Waals surface area contributed by atoms with E-state index in [1.165, 1.54) is 0 Å². The van der Waals surface area contributed by atoms with E-state index >= 15 is 0 Å². The van der Waals surface area contributed by atoms with Gasteiger partial charge in [0.05, 0.1) is 6.42 Å². The Morgan fingerprint density at radius 3 is 2.67 bits per heavy atom. The van der Waals surface area contributed by atoms with Gasteiger partial charge >= 0.3 is 5.97 Å². The van der Waals surface area contributed by atoms with Crippen LogP contribution >= 0.6 is 0 Å². The Morgan fingerprint density at radius 1 is 1.29 bits per heavy atom. The number of hydrogen-bond donors (Lipinski definition) is 1. The summed E-state index contributed by atoms with van der Waals surface area (Å²) in [4.78, 5) is 25.1. The normalized spacial score (nSPS) is 15.1. The lowest BCUT2D eigenvalue weighted by Gasteiger charge is -2.34. The number of ether oxygens (including phenoxy) is 2. The van der Waals surface area contributed by atoms with Crippen molar-refractivity contribution in [3.8, 4) is 5.75 Å². The first-order valence-corrected chi connectivity index (χ1v) is 8.26. The second kappa shape index (κ2) is 8.68. The molecule has 6 nitrogen and oxygen atoms in total. The van der Waals surface area contributed by atoms with Crippen LogP contribution in [-0.4, -0.2) is 54.3 Å². The molecule has 0 radical (unpaired) electrons. The summed E-state index contributed by atoms with van der Waals surface area (Å²) in [6.45, 7) is 5.21. The molecule has 0 spiro atoms. The minimum absolute atomic E-state index is 0.0211. The van der Waals surface area contributed by atoms with Crippen LogP contribution in [-0.2, 0) is 14.3 Å². The quantitative estimate of drug-likeness (QED) is 0.826. The van der Waals surface area contributed by atoms with Crippen LogP contribution in [0.2, 0.25) is 0 Å². The van der Waals surface area contributed by atoms with Gasteiger partial charge in [0.15, 0.2) is 6.61 Å². The number of carboxylic acid groups (broad SMARTS) is 1. The third-order valence-electron chi connectivity index (χ3n) is 4.21. The van der Waals surface area contributed by atoms with Gasteiger partial charge in [-0.25, -0.2) is 0 Å². The van der Waals surface area contributed by atoms with Gasteiger partial charge in [-0.3, -0.25) is 9.59 Å². The molecule has 0 aromatic heterocycles. The van der Waals surface area contributed by atoms with E-state index in [-0.39, 0.29) is 31.5 Å². The number of carbonyl (C=O) groups is 2. The minimum atomic E-state index is -0.907. The number of carboxylic acids is 1. The largest absolute Gasteiger partial charge is 0.483 e. The van der Waals surface area contributed by atoms with Crippen LogP contribution in [0.15, 0.2) is 18.2 Å². The molecule has 0 bridgehead atoms. The van der Waals surface area contributed by atoms with Gasteiger partial charge in [-0.1, -0.05) is 12.1 Å². The smallest absolute Gasteiger partial charge is 0.305 e. The van der Waals surface area contributed by atoms with E-state index in [9.17, 15) is 9.59 Å². The van der Waals surface area contributed by atoms with Crippen molar-refractivity contribution in [2.75, 3.05) is 26.4 Å². The number of amides is 1. The standard InChI is InChI=1S/C18H25NO5/c1-13-3-4-14(2)16(11-13)24-12-17(20)19(8-5-18(21)22)15-6-9-23-10-7-15/h3-4,11,15H,5-10,12H2,1-2H3,(H,21,22). The Hall–Kier alpha value is -2.08. The van der Waals surface area contributed by atoms with Gasteiger partial charge in [-0.05, 0) is 43.9 Å². The molecular formula is C18H25NO5. The molecule has 1 heterocycles. The molecule has 132 valence electrons. The summed E-state index contributed by atoms with van der Waals surface area (Å²) in [5.41, 5.74) is 2.03. The Morgan fingerprint density at radius 2 is 2.00 bits per heavy atom. The van der Waals surface area contributed by atoms with Crippen molar-refractivity contribution in [2.45, 2.75) is 39.2 Å². The summed E-state index contributed by atoms with van der Waals surface area (Å²) in [5.74, 6) is -0.395. The monoisotopic (exact) mass is 335 g/mol. The second-order valence-electron chi connectivity index (χ2n) is 6.13. The van der Waals surface area contributed by atoms with Crippen LogP contribution in [0, 0.1) is 13.8 Å². The Bertz CT molecular complexity index is 581. The number of carbonyl (C=O) groups excluding carboxylic acids is 1. The molecule has 0 atom stereocenters. The zero-order valence-electron chi connectivity index (χ0n) is 14.3. The Kier molecular flexibility index (Phi) is 6.61. The van der Waals surface area contributed by atoms with E-state index in [1.54, 1.807) is 4.90 Å². The minimum Gasteiger partial charge on any atom is -0.483 e. The lowest BCUT2D eigenvalue weighted by Crippen LogP contribution is -2.46. The van der Waals surface area contributed by atoms with Crippen molar-refractivity contribution in [2.24, 2.45) is 0 Å². The number of aliphatic carboxylic acids is 1. The van der Waals surface area contributed by atoms with Crippen molar-refractivity contribution >= 4 is 11.9 Å². The summed E-state index contributed by atoms with van der Waals surface area (Å²) < 4.78 is 11.0. The number of rotatable bonds is 7. The number of hydrogen-bond acceptors (Lipinski definition) is 4. The molecule has 1 amide bonds. The Balaban J connectivity index is 2.00. The van der Waals surface area contributed by atoms with E-state index in [0.29, 0.717) is 19.0 Å². The molecule has 24 heavy (non-hydrogen) atoms. The first-order valence-electron chi connectivity index (χ1n) is 8.26. The molecule has 1 saturated heterocycles. The van der Waals surface area contributed by atoms with Crippen molar-refractivity contribution in [3.63, 3.8) is 0 Å². The first-order chi connectivity index (χ1) is 11.5. The average Bonchev–Trinajstić information content (AvgIpc) is 2.56. The lowest BCUT2D eigenvalue weighted by atomic mass is 10.1. The van der Waals surface area contributed by atoms with Crippen molar-refractivity contribution < 1.29 is 24.2 Å². The van der Waals surface area contributed by atoms with Crippen molar-refractivity contribution in [1.82, 2.24) is 4.90 Å². The van der Waals surface area contributed by atoms with Gasteiger partial charge in [-0.2, -0.15) is 0 Å². The highest BCUT2D eigenvalue weighted by Gasteiger charge is 2.26. The number of benzene rings is 1. The first kappa shape index (κ1) is 18.3. The predicted octanol–water partition coefficient (Wildman–Crippen LogP) is 2.16. The third kappa shape index (κ3) is 5.23. The van der Waals surface area contributed by atoms with Gasteiger partial charge in [0.1, 0.15) is 5.75 Å². The Labute approximate surface area is 142 Å². The van der Waals surface area contributed by atoms with Crippen LogP contribution in [0.25, 0.3) is 0 Å². The molecule has 1 aliphatic rings. The zero-order valence-corrected chi connectivity index (χ0v) is 14.3. The third-order valence-corrected chi connectivity index (χ3v) is 4.21. The molecule has 1 fully saturated rings. The van der Waals surface area contributed by atoms with Crippen molar-refractivity contribution in [3.05, 3.63) is 29.3 Å². The molecule has 0 aliphatic carbocycles. The molecule has 1 aromatic rings. The van der Waals surface area contributed by atoms with Crippen LogP contribution < -0.4 is 4.74 Å². The van der Waals surface area contributed by atoms with E-state index < -0.39 is 5.97 Å². The molecule has 1 N–H and O–H groups in total. The van der Waals surface area contributed by atoms with E-state index in [1.807, 2.05) is 32.0 Å². The summed E-state index contributed by atoms with van der Waals surface area (Å²) >= 11 is 0. The lowest BCUT2D eigenvalue weighted by molar-refractivity contribution is -0.141. The highest BCUT2D eigenvalue weighted by molar-refractivity contribution is 5.79. The van der Waals surface area contributed by atoms with Crippen LogP contribution in [0.4, 0.5) is 0 Å². The maximum atomic E-state index is 12.6. The maximum absolute atomic E-state index is 12.6. The highest BCUT2D eigenvalue weighted by atomic mass is 16.5. The number of nitrogens with zero attached hydrogens (tertiary/aromatic N) is 1. The maximum Gasteiger partial charge on any atom is 0.305 e. The molecule has 1 aromatic carbocycles. The van der Waals surface area contributed by atoms with E-state index in [0.717, 1.165) is 24.0 Å². The average molecular weight is 335 g/mol. The number of aryl methyl sites for hydroxylation is 2. The molecule has 0 saturated carbocycles. The van der Waals surface area contributed by atoms with Gasteiger partial charge in [-0.15, -0.1) is 0 Å². The zero-order chi connectivity index (χ0) is 17.5. The highest BCUT2D eigenvalue weighted by Crippen LogP contribution is 2.20.